The summed E-state index contributed by atoms with van der Waals surface area (Å²) in [5.74, 6) is 0.743. The largest absolute Gasteiger partial charge is 0.465 e. The molecule has 2 aromatic heterocycles. The number of esters is 1. The molecule has 0 bridgehead atoms. The van der Waals surface area contributed by atoms with Crippen LogP contribution < -0.4 is 10.6 Å². The first-order valence-corrected chi connectivity index (χ1v) is 13.0. The zero-order valence-electron chi connectivity index (χ0n) is 21.6. The molecule has 0 saturated carbocycles. The van der Waals surface area contributed by atoms with E-state index in [1.54, 1.807) is 24.4 Å². The topological polar surface area (TPSA) is 96.7 Å². The fourth-order valence-electron chi connectivity index (χ4n) is 4.69. The van der Waals surface area contributed by atoms with Gasteiger partial charge >= 0.3 is 5.97 Å². The monoisotopic (exact) mass is 540 g/mol. The Balaban J connectivity index is 1.41. The van der Waals surface area contributed by atoms with E-state index in [1.165, 1.54) is 7.11 Å². The average Bonchev–Trinajstić information content (AvgIpc) is 3.58. The second-order valence-electron chi connectivity index (χ2n) is 9.21. The lowest BCUT2D eigenvalue weighted by atomic mass is 10.0. The summed E-state index contributed by atoms with van der Waals surface area (Å²) >= 11 is 5.72. The van der Waals surface area contributed by atoms with Gasteiger partial charge in [0.15, 0.2) is 5.11 Å². The third-order valence-electron chi connectivity index (χ3n) is 6.68. The molecule has 1 fully saturated rings. The average molecular weight is 541 g/mol. The molecule has 3 heterocycles. The minimum Gasteiger partial charge on any atom is -0.465 e. The van der Waals surface area contributed by atoms with Crippen molar-refractivity contribution in [1.29, 1.82) is 0 Å². The van der Waals surface area contributed by atoms with Crippen LogP contribution in [0, 0.1) is 6.92 Å². The predicted molar refractivity (Wildman–Crippen MR) is 152 cm³/mol. The molecular formula is C30H28N4O4S. The third-order valence-corrected chi connectivity index (χ3v) is 7.04. The molecule has 1 aliphatic heterocycles. The second kappa shape index (κ2) is 11.5. The number of methoxy groups -OCH3 is 1. The van der Waals surface area contributed by atoms with Crippen molar-refractivity contribution in [2.45, 2.75) is 25.4 Å². The normalized spacial score (nSPS) is 16.6. The number of nitrogens with one attached hydrogen (secondary N) is 2. The summed E-state index contributed by atoms with van der Waals surface area (Å²) in [6.45, 7) is 2.34. The number of furan rings is 1. The first kappa shape index (κ1) is 26.1. The molecule has 1 saturated heterocycles. The minimum atomic E-state index is -0.417. The van der Waals surface area contributed by atoms with Crippen LogP contribution in [0.4, 0.5) is 5.69 Å². The quantitative estimate of drug-likeness (QED) is 0.225. The van der Waals surface area contributed by atoms with Crippen molar-refractivity contribution in [1.82, 2.24) is 15.2 Å². The second-order valence-corrected chi connectivity index (χ2v) is 9.59. The maximum atomic E-state index is 12.8. The molecule has 0 spiro atoms. The summed E-state index contributed by atoms with van der Waals surface area (Å²) < 4.78 is 11.2. The van der Waals surface area contributed by atoms with Gasteiger partial charge < -0.3 is 24.7 Å². The molecule has 8 nitrogen and oxygen atoms in total. The van der Waals surface area contributed by atoms with E-state index < -0.39 is 5.97 Å². The Bertz CT molecular complexity index is 1500. The Kier molecular flexibility index (Phi) is 7.69. The van der Waals surface area contributed by atoms with E-state index in [-0.39, 0.29) is 24.4 Å². The van der Waals surface area contributed by atoms with E-state index >= 15 is 0 Å². The number of hydrogen-bond acceptors (Lipinski definition) is 6. The Labute approximate surface area is 232 Å². The highest BCUT2D eigenvalue weighted by Gasteiger charge is 2.41. The van der Waals surface area contributed by atoms with Crippen LogP contribution in [0.25, 0.3) is 11.3 Å². The number of benzene rings is 2. The number of carbonyl (C=O) groups excluding carboxylic acids is 2. The van der Waals surface area contributed by atoms with Crippen LogP contribution in [-0.2, 0) is 9.53 Å². The Morgan fingerprint density at radius 1 is 1.08 bits per heavy atom. The van der Waals surface area contributed by atoms with Gasteiger partial charge in [-0.2, -0.15) is 0 Å². The number of amides is 1. The third kappa shape index (κ3) is 5.68. The van der Waals surface area contributed by atoms with Crippen LogP contribution >= 0.6 is 12.2 Å². The molecule has 39 heavy (non-hydrogen) atoms. The number of anilines is 1. The van der Waals surface area contributed by atoms with Crippen molar-refractivity contribution in [3.63, 3.8) is 0 Å². The van der Waals surface area contributed by atoms with E-state index in [0.29, 0.717) is 28.7 Å². The molecule has 2 atom stereocenters. The number of aryl methyl sites for hydroxylation is 1. The first-order valence-electron chi connectivity index (χ1n) is 12.6. The van der Waals surface area contributed by atoms with Gasteiger partial charge in [0, 0.05) is 30.4 Å². The summed E-state index contributed by atoms with van der Waals surface area (Å²) in [5, 5.41) is 6.88. The summed E-state index contributed by atoms with van der Waals surface area (Å²) in [4.78, 5) is 31.4. The standard InChI is InChI=1S/C30H28N4O4S/c1-19-8-3-4-11-22(19)32-26(35)15-17-34-28(27(33-30(34)39)23-12-5-6-16-31-23)25-14-13-24(38-25)20-9-7-10-21(18-20)29(36)37-2/h3-14,16,18,27-28H,15,17H2,1-2H3,(H,32,35)(H,33,39)/t27-,28-/m1/s1. The maximum absolute atomic E-state index is 12.8. The number of rotatable bonds is 8. The summed E-state index contributed by atoms with van der Waals surface area (Å²) in [7, 11) is 1.35. The summed E-state index contributed by atoms with van der Waals surface area (Å²) in [6, 6.07) is 23.6. The zero-order chi connectivity index (χ0) is 27.4. The van der Waals surface area contributed by atoms with Gasteiger partial charge in [-0.15, -0.1) is 0 Å². The van der Waals surface area contributed by atoms with Gasteiger partial charge in [-0.25, -0.2) is 4.79 Å². The number of para-hydroxylation sites is 1. The highest BCUT2D eigenvalue weighted by molar-refractivity contribution is 7.80. The maximum Gasteiger partial charge on any atom is 0.337 e. The Hall–Kier alpha value is -4.50. The van der Waals surface area contributed by atoms with Crippen molar-refractivity contribution in [3.8, 4) is 11.3 Å². The van der Waals surface area contributed by atoms with E-state index in [4.69, 9.17) is 21.4 Å². The Morgan fingerprint density at radius 3 is 2.67 bits per heavy atom. The molecule has 0 unspecified atom stereocenters. The number of carbonyl (C=O) groups is 2. The van der Waals surface area contributed by atoms with Gasteiger partial charge in [-0.05, 0) is 67.2 Å². The molecule has 1 amide bonds. The van der Waals surface area contributed by atoms with Gasteiger partial charge in [-0.1, -0.05) is 36.4 Å². The molecule has 9 heteroatoms. The first-order chi connectivity index (χ1) is 18.9. The lowest BCUT2D eigenvalue weighted by Gasteiger charge is -2.26. The number of ether oxygens (including phenoxy) is 1. The molecular weight excluding hydrogens is 512 g/mol. The SMILES string of the molecule is COC(=O)c1cccc(-c2ccc([C@@H]3[C@@H](c4ccccn4)NC(=S)N3CCC(=O)Nc3ccccc3C)o2)c1. The van der Waals surface area contributed by atoms with Crippen molar-refractivity contribution in [2.24, 2.45) is 0 Å². The number of pyridine rings is 1. The van der Waals surface area contributed by atoms with Crippen LogP contribution in [-0.4, -0.2) is 40.5 Å². The van der Waals surface area contributed by atoms with E-state index in [2.05, 4.69) is 15.6 Å². The van der Waals surface area contributed by atoms with Crippen LogP contribution in [0.3, 0.4) is 0 Å². The minimum absolute atomic E-state index is 0.105. The molecule has 2 aromatic carbocycles. The smallest absolute Gasteiger partial charge is 0.337 e. The van der Waals surface area contributed by atoms with Crippen molar-refractivity contribution < 1.29 is 18.7 Å². The molecule has 4 aromatic rings. The Morgan fingerprint density at radius 2 is 1.90 bits per heavy atom. The fourth-order valence-corrected chi connectivity index (χ4v) is 5.02. The fraction of sp³-hybridized carbons (Fsp3) is 0.200. The van der Waals surface area contributed by atoms with Crippen molar-refractivity contribution in [2.75, 3.05) is 19.0 Å². The predicted octanol–water partition coefficient (Wildman–Crippen LogP) is 5.44. The molecule has 2 N–H and O–H groups in total. The highest BCUT2D eigenvalue weighted by atomic mass is 32.1. The molecule has 0 radical (unpaired) electrons. The number of thiocarbonyl (C=S) groups is 1. The van der Waals surface area contributed by atoms with Crippen LogP contribution in [0.5, 0.6) is 0 Å². The lowest BCUT2D eigenvalue weighted by molar-refractivity contribution is -0.116. The number of hydrogen-bond donors (Lipinski definition) is 2. The van der Waals surface area contributed by atoms with Crippen molar-refractivity contribution >= 4 is 34.9 Å². The zero-order valence-corrected chi connectivity index (χ0v) is 22.4. The molecule has 5 rings (SSSR count). The highest BCUT2D eigenvalue weighted by Crippen LogP contribution is 2.40. The summed E-state index contributed by atoms with van der Waals surface area (Å²) in [5.41, 5.74) is 3.77. The van der Waals surface area contributed by atoms with E-state index in [9.17, 15) is 9.59 Å². The van der Waals surface area contributed by atoms with Crippen LogP contribution in [0.1, 0.15) is 45.9 Å². The molecule has 198 valence electrons. The van der Waals surface area contributed by atoms with E-state index in [1.807, 2.05) is 72.5 Å². The van der Waals surface area contributed by atoms with E-state index in [0.717, 1.165) is 22.5 Å². The van der Waals surface area contributed by atoms with Crippen molar-refractivity contribution in [3.05, 3.63) is 108 Å². The number of nitrogens with zero attached hydrogens (tertiary/aromatic N) is 2. The van der Waals surface area contributed by atoms with Gasteiger partial charge in [0.2, 0.25) is 5.91 Å². The van der Waals surface area contributed by atoms with Crippen LogP contribution in [0.15, 0.2) is 89.5 Å². The van der Waals surface area contributed by atoms with Gasteiger partial charge in [0.1, 0.15) is 17.6 Å². The number of aromatic nitrogens is 1. The summed E-state index contributed by atoms with van der Waals surface area (Å²) in [6.07, 6.45) is 1.97. The molecule has 1 aliphatic rings. The van der Waals surface area contributed by atoms with Gasteiger partial charge in [0.25, 0.3) is 0 Å². The molecule has 0 aliphatic carbocycles. The van der Waals surface area contributed by atoms with Crippen LogP contribution in [0.2, 0.25) is 0 Å². The van der Waals surface area contributed by atoms with Gasteiger partial charge in [0.05, 0.1) is 24.4 Å². The lowest BCUT2D eigenvalue weighted by Crippen LogP contribution is -2.32. The van der Waals surface area contributed by atoms with Gasteiger partial charge in [-0.3, -0.25) is 9.78 Å².